The summed E-state index contributed by atoms with van der Waals surface area (Å²) in [6, 6.07) is 0. The summed E-state index contributed by atoms with van der Waals surface area (Å²) in [5.41, 5.74) is 0. The summed E-state index contributed by atoms with van der Waals surface area (Å²) in [6.07, 6.45) is 10.5. The molecule has 0 rings (SSSR count). The third kappa shape index (κ3) is 8.84. The van der Waals surface area contributed by atoms with E-state index in [4.69, 9.17) is 0 Å². The van der Waals surface area contributed by atoms with Crippen LogP contribution in [0, 0.1) is 0 Å². The molecule has 3 nitrogen and oxygen atoms in total. The van der Waals surface area contributed by atoms with Crippen LogP contribution >= 0.6 is 0 Å². The van der Waals surface area contributed by atoms with E-state index < -0.39 is 10.0 Å². The molecule has 0 heterocycles. The van der Waals surface area contributed by atoms with Crippen molar-refractivity contribution in [3.8, 4) is 0 Å². The summed E-state index contributed by atoms with van der Waals surface area (Å²) in [4.78, 5) is 0. The molecule has 0 radical (unpaired) electrons. The monoisotopic (exact) mass is 185 g/mol. The van der Waals surface area contributed by atoms with Gasteiger partial charge in [-0.3, -0.25) is 0 Å². The third-order valence-electron chi connectivity index (χ3n) is 0.808. The topological polar surface area (TPSA) is 46.5 Å². The van der Waals surface area contributed by atoms with Crippen molar-refractivity contribution in [2.24, 2.45) is 4.40 Å². The Labute approximate surface area is 72.9 Å². The lowest BCUT2D eigenvalue weighted by Crippen LogP contribution is -1.88. The molecule has 0 atom stereocenters. The van der Waals surface area contributed by atoms with Crippen LogP contribution in [0.2, 0.25) is 0 Å². The van der Waals surface area contributed by atoms with Crippen LogP contribution in [0.15, 0.2) is 41.4 Å². The van der Waals surface area contributed by atoms with Gasteiger partial charge in [-0.1, -0.05) is 30.9 Å². The molecular weight excluding hydrogens is 174 g/mol. The minimum absolute atomic E-state index is 1.04. The first-order valence-electron chi connectivity index (χ1n) is 3.26. The summed E-state index contributed by atoms with van der Waals surface area (Å²) in [5.74, 6) is 0. The zero-order valence-corrected chi connectivity index (χ0v) is 7.66. The van der Waals surface area contributed by atoms with Gasteiger partial charge in [0.2, 0.25) is 10.0 Å². The van der Waals surface area contributed by atoms with E-state index in [2.05, 4.69) is 11.0 Å². The van der Waals surface area contributed by atoms with Gasteiger partial charge >= 0.3 is 0 Å². The van der Waals surface area contributed by atoms with Gasteiger partial charge in [-0.2, -0.15) is 4.40 Å². The summed E-state index contributed by atoms with van der Waals surface area (Å²) in [7, 11) is -3.24. The highest BCUT2D eigenvalue weighted by Gasteiger charge is 1.89. The second kappa shape index (κ2) is 5.49. The Kier molecular flexibility index (Phi) is 4.96. The molecule has 4 heteroatoms. The Balaban J connectivity index is 3.99. The van der Waals surface area contributed by atoms with Gasteiger partial charge in [-0.15, -0.1) is 0 Å². The maximum atomic E-state index is 10.5. The van der Waals surface area contributed by atoms with E-state index >= 15 is 0 Å². The minimum atomic E-state index is -3.24. The average molecular weight is 185 g/mol. The predicted molar refractivity (Wildman–Crippen MR) is 51.8 cm³/mol. The Bertz CT molecular complexity index is 310. The van der Waals surface area contributed by atoms with Crippen molar-refractivity contribution >= 4 is 16.2 Å². The third-order valence-corrected chi connectivity index (χ3v) is 1.31. The van der Waals surface area contributed by atoms with E-state index in [1.54, 1.807) is 24.3 Å². The van der Waals surface area contributed by atoms with E-state index in [9.17, 15) is 8.42 Å². The fraction of sp³-hybridized carbons (Fsp3) is 0.125. The van der Waals surface area contributed by atoms with Crippen LogP contribution < -0.4 is 0 Å². The first kappa shape index (κ1) is 10.8. The Morgan fingerprint density at radius 2 is 1.75 bits per heavy atom. The van der Waals surface area contributed by atoms with E-state index in [-0.39, 0.29) is 0 Å². The molecule has 12 heavy (non-hydrogen) atoms. The molecule has 0 unspecified atom stereocenters. The Hall–Kier alpha value is -1.16. The fourth-order valence-electron chi connectivity index (χ4n) is 0.402. The zero-order chi connectivity index (χ0) is 9.45. The fourth-order valence-corrected chi connectivity index (χ4v) is 0.694. The highest BCUT2D eigenvalue weighted by atomic mass is 32.2. The number of sulfonamides is 1. The first-order chi connectivity index (χ1) is 5.56. The smallest absolute Gasteiger partial charge is 0.205 e. The van der Waals surface area contributed by atoms with Crippen LogP contribution in [0.25, 0.3) is 0 Å². The molecule has 0 aliphatic carbocycles. The van der Waals surface area contributed by atoms with Gasteiger partial charge in [0.15, 0.2) is 0 Å². The molecule has 0 aliphatic rings. The van der Waals surface area contributed by atoms with Gasteiger partial charge < -0.3 is 0 Å². The normalized spacial score (nSPS) is 13.4. The SMILES string of the molecule is C=C\C=C/C=C\C=N\S(C)(=O)=O. The highest BCUT2D eigenvalue weighted by molar-refractivity contribution is 7.89. The van der Waals surface area contributed by atoms with Crippen LogP contribution in [0.1, 0.15) is 0 Å². The van der Waals surface area contributed by atoms with Crippen molar-refractivity contribution < 1.29 is 8.42 Å². The molecule has 0 spiro atoms. The van der Waals surface area contributed by atoms with E-state index in [1.165, 1.54) is 12.3 Å². The molecular formula is C8H11NO2S. The molecule has 0 amide bonds. The van der Waals surface area contributed by atoms with Gasteiger partial charge in [0, 0.05) is 6.21 Å². The van der Waals surface area contributed by atoms with Crippen molar-refractivity contribution in [3.63, 3.8) is 0 Å². The molecule has 0 aromatic heterocycles. The van der Waals surface area contributed by atoms with E-state index in [0.29, 0.717) is 0 Å². The quantitative estimate of drug-likeness (QED) is 0.489. The average Bonchev–Trinajstić information content (AvgIpc) is 1.94. The maximum absolute atomic E-state index is 10.5. The van der Waals surface area contributed by atoms with Crippen molar-refractivity contribution in [3.05, 3.63) is 37.0 Å². The molecule has 0 saturated heterocycles. The summed E-state index contributed by atoms with van der Waals surface area (Å²) in [5, 5.41) is 0. The molecule has 0 saturated carbocycles. The van der Waals surface area contributed by atoms with Crippen LogP contribution in [-0.2, 0) is 10.0 Å². The minimum Gasteiger partial charge on any atom is -0.205 e. The van der Waals surface area contributed by atoms with Gasteiger partial charge in [0.25, 0.3) is 0 Å². The molecule has 0 aliphatic heterocycles. The van der Waals surface area contributed by atoms with Crippen LogP contribution in [-0.4, -0.2) is 20.9 Å². The molecule has 0 N–H and O–H groups in total. The first-order valence-corrected chi connectivity index (χ1v) is 5.11. The van der Waals surface area contributed by atoms with Crippen molar-refractivity contribution in [2.75, 3.05) is 6.26 Å². The van der Waals surface area contributed by atoms with E-state index in [0.717, 1.165) is 6.26 Å². The summed E-state index contributed by atoms with van der Waals surface area (Å²) >= 11 is 0. The molecule has 0 aromatic carbocycles. The number of hydrogen-bond donors (Lipinski definition) is 0. The maximum Gasteiger partial charge on any atom is 0.250 e. The second-order valence-electron chi connectivity index (χ2n) is 1.99. The number of rotatable bonds is 4. The highest BCUT2D eigenvalue weighted by Crippen LogP contribution is 1.82. The van der Waals surface area contributed by atoms with Gasteiger partial charge in [0.05, 0.1) is 6.26 Å². The van der Waals surface area contributed by atoms with Crippen molar-refractivity contribution in [1.29, 1.82) is 0 Å². The summed E-state index contributed by atoms with van der Waals surface area (Å²) < 4.78 is 24.2. The van der Waals surface area contributed by atoms with Crippen LogP contribution in [0.5, 0.6) is 0 Å². The Morgan fingerprint density at radius 1 is 1.17 bits per heavy atom. The van der Waals surface area contributed by atoms with E-state index in [1.807, 2.05) is 0 Å². The molecule has 0 aromatic rings. The second-order valence-corrected chi connectivity index (χ2v) is 3.67. The van der Waals surface area contributed by atoms with Crippen LogP contribution in [0.3, 0.4) is 0 Å². The lowest BCUT2D eigenvalue weighted by molar-refractivity contribution is 0.604. The van der Waals surface area contributed by atoms with Crippen LogP contribution in [0.4, 0.5) is 0 Å². The van der Waals surface area contributed by atoms with Gasteiger partial charge in [-0.25, -0.2) is 8.42 Å². The zero-order valence-electron chi connectivity index (χ0n) is 6.84. The number of nitrogens with zero attached hydrogens (tertiary/aromatic N) is 1. The largest absolute Gasteiger partial charge is 0.250 e. The van der Waals surface area contributed by atoms with Crippen molar-refractivity contribution in [2.45, 2.75) is 0 Å². The van der Waals surface area contributed by atoms with Crippen molar-refractivity contribution in [1.82, 2.24) is 0 Å². The molecule has 0 bridgehead atoms. The standard InChI is InChI=1S/C8H11NO2S/c1-3-4-5-6-7-8-9-12(2,10)11/h3-8H,1H2,2H3/b5-4-,7-6-,9-8+. The van der Waals surface area contributed by atoms with Gasteiger partial charge in [-0.05, 0) is 6.08 Å². The predicted octanol–water partition coefficient (Wildman–Crippen LogP) is 1.32. The summed E-state index contributed by atoms with van der Waals surface area (Å²) in [6.45, 7) is 3.47. The molecule has 66 valence electrons. The lowest BCUT2D eigenvalue weighted by atomic mass is 10.4. The number of hydrogen-bond acceptors (Lipinski definition) is 2. The Morgan fingerprint density at radius 3 is 2.25 bits per heavy atom. The van der Waals surface area contributed by atoms with Gasteiger partial charge in [0.1, 0.15) is 0 Å². The number of allylic oxidation sites excluding steroid dienone is 5. The molecule has 0 fully saturated rings. The lowest BCUT2D eigenvalue weighted by Gasteiger charge is -1.80.